The molecule has 0 heterocycles. The molecule has 0 saturated heterocycles. The van der Waals surface area contributed by atoms with Crippen LogP contribution in [-0.2, 0) is 0 Å². The smallest absolute Gasteiger partial charge is 0.201 e. The Hall–Kier alpha value is 0.260. The van der Waals surface area contributed by atoms with E-state index >= 15 is 0 Å². The van der Waals surface area contributed by atoms with Crippen molar-refractivity contribution >= 4 is 34.8 Å². The summed E-state index contributed by atoms with van der Waals surface area (Å²) in [6, 6.07) is 0. The quantitative estimate of drug-likeness (QED) is 0.511. The van der Waals surface area contributed by atoms with Crippen LogP contribution < -0.4 is 0 Å². The fourth-order valence-electron chi connectivity index (χ4n) is 0.243. The van der Waals surface area contributed by atoms with Gasteiger partial charge < -0.3 is 0 Å². The van der Waals surface area contributed by atoms with Crippen LogP contribution in [-0.4, -0.2) is 10.5 Å². The SMILES string of the molecule is FC(F)=C(Cl)C(F)(F)C(F)(Cl)Cl. The first-order valence-corrected chi connectivity index (χ1v) is 3.40. The lowest BCUT2D eigenvalue weighted by molar-refractivity contribution is -0.0197. The van der Waals surface area contributed by atoms with E-state index < -0.39 is 21.6 Å². The van der Waals surface area contributed by atoms with Crippen LogP contribution in [0.3, 0.4) is 0 Å². The first kappa shape index (κ1) is 12.3. The maximum atomic E-state index is 12.3. The third kappa shape index (κ3) is 2.37. The Morgan fingerprint density at radius 3 is 1.42 bits per heavy atom. The molecule has 0 aromatic carbocycles. The van der Waals surface area contributed by atoms with Gasteiger partial charge in [-0.25, -0.2) is 4.39 Å². The number of allylic oxidation sites excluding steroid dienone is 1. The van der Waals surface area contributed by atoms with Crippen LogP contribution in [0.4, 0.5) is 22.0 Å². The van der Waals surface area contributed by atoms with Crippen molar-refractivity contribution in [1.82, 2.24) is 0 Å². The molecule has 12 heavy (non-hydrogen) atoms. The number of rotatable bonds is 2. The fraction of sp³-hybridized carbons (Fsp3) is 0.500. The lowest BCUT2D eigenvalue weighted by atomic mass is 10.3. The lowest BCUT2D eigenvalue weighted by Crippen LogP contribution is -2.35. The standard InChI is InChI=1S/C4Cl3F5/c5-1(2(8)9)3(10,11)4(6,7)12. The van der Waals surface area contributed by atoms with E-state index in [1.54, 1.807) is 0 Å². The summed E-state index contributed by atoms with van der Waals surface area (Å²) in [6.45, 7) is 0. The topological polar surface area (TPSA) is 0 Å². The maximum absolute atomic E-state index is 12.3. The second-order valence-electron chi connectivity index (χ2n) is 1.65. The lowest BCUT2D eigenvalue weighted by Gasteiger charge is -2.20. The Morgan fingerprint density at radius 1 is 1.00 bits per heavy atom. The minimum Gasteiger partial charge on any atom is -0.201 e. The highest BCUT2D eigenvalue weighted by Gasteiger charge is 2.57. The zero-order valence-electron chi connectivity index (χ0n) is 5.02. The summed E-state index contributed by atoms with van der Waals surface area (Å²) < 4.78 is 55.4. The van der Waals surface area contributed by atoms with Crippen LogP contribution in [0.5, 0.6) is 0 Å². The van der Waals surface area contributed by atoms with E-state index in [4.69, 9.17) is 0 Å². The van der Waals surface area contributed by atoms with E-state index in [1.165, 1.54) is 0 Å². The molecule has 0 N–H and O–H groups in total. The van der Waals surface area contributed by atoms with Crippen molar-refractivity contribution < 1.29 is 22.0 Å². The molecule has 0 aliphatic carbocycles. The molecule has 0 unspecified atom stereocenters. The summed E-state index contributed by atoms with van der Waals surface area (Å²) in [7, 11) is 0. The summed E-state index contributed by atoms with van der Waals surface area (Å²) in [5.74, 6) is -4.82. The normalized spacial score (nSPS) is 13.0. The Kier molecular flexibility index (Phi) is 3.63. The van der Waals surface area contributed by atoms with E-state index in [0.29, 0.717) is 0 Å². The molecule has 0 spiro atoms. The molecule has 0 nitrogen and oxygen atoms in total. The van der Waals surface area contributed by atoms with E-state index in [9.17, 15) is 22.0 Å². The van der Waals surface area contributed by atoms with Gasteiger partial charge in [0.05, 0.1) is 0 Å². The van der Waals surface area contributed by atoms with Crippen molar-refractivity contribution in [3.63, 3.8) is 0 Å². The molecule has 0 aliphatic rings. The summed E-state index contributed by atoms with van der Waals surface area (Å²) in [6.07, 6.45) is -2.94. The second kappa shape index (κ2) is 3.55. The van der Waals surface area contributed by atoms with E-state index in [-0.39, 0.29) is 0 Å². The predicted octanol–water partition coefficient (Wildman–Crippen LogP) is 4.07. The van der Waals surface area contributed by atoms with Gasteiger partial charge in [-0.15, -0.1) is 0 Å². The molecule has 0 radical (unpaired) electrons. The monoisotopic (exact) mass is 248 g/mol. The van der Waals surface area contributed by atoms with Gasteiger partial charge in [-0.05, 0) is 0 Å². The van der Waals surface area contributed by atoms with Crippen molar-refractivity contribution in [2.45, 2.75) is 10.5 Å². The zero-order valence-corrected chi connectivity index (χ0v) is 7.29. The Balaban J connectivity index is 5.01. The summed E-state index contributed by atoms with van der Waals surface area (Å²) in [5.41, 5.74) is 0. The zero-order chi connectivity index (χ0) is 10.2. The van der Waals surface area contributed by atoms with Gasteiger partial charge in [-0.2, -0.15) is 17.6 Å². The third-order valence-corrected chi connectivity index (χ3v) is 1.65. The van der Waals surface area contributed by atoms with Gasteiger partial charge in [0.2, 0.25) is 0 Å². The van der Waals surface area contributed by atoms with Gasteiger partial charge in [-0.1, -0.05) is 34.8 Å². The minimum absolute atomic E-state index is 2.31. The fourth-order valence-corrected chi connectivity index (χ4v) is 0.659. The van der Waals surface area contributed by atoms with Gasteiger partial charge in [0.15, 0.2) is 5.03 Å². The molecule has 0 atom stereocenters. The Labute approximate surface area is 78.9 Å². The first-order chi connectivity index (χ1) is 5.10. The number of halogens is 8. The van der Waals surface area contributed by atoms with Gasteiger partial charge in [0, 0.05) is 0 Å². The van der Waals surface area contributed by atoms with Crippen LogP contribution in [0.1, 0.15) is 0 Å². The molecule has 0 aromatic heterocycles. The van der Waals surface area contributed by atoms with Crippen LogP contribution in [0.25, 0.3) is 0 Å². The number of alkyl halides is 5. The molecule has 0 rings (SSSR count). The van der Waals surface area contributed by atoms with Gasteiger partial charge in [0.1, 0.15) is 0 Å². The van der Waals surface area contributed by atoms with Gasteiger partial charge >= 0.3 is 10.5 Å². The highest BCUT2D eigenvalue weighted by Crippen LogP contribution is 2.47. The molecule has 8 heteroatoms. The van der Waals surface area contributed by atoms with Gasteiger partial charge in [0.25, 0.3) is 6.08 Å². The molecule has 0 saturated carbocycles. The summed E-state index contributed by atoms with van der Waals surface area (Å²) in [4.78, 5) is 0. The Bertz CT molecular complexity index is 201. The first-order valence-electron chi connectivity index (χ1n) is 2.26. The average molecular weight is 249 g/mol. The van der Waals surface area contributed by atoms with Crippen molar-refractivity contribution in [2.75, 3.05) is 0 Å². The number of hydrogen-bond donors (Lipinski definition) is 0. The second-order valence-corrected chi connectivity index (χ2v) is 3.26. The van der Waals surface area contributed by atoms with Crippen LogP contribution in [0.15, 0.2) is 11.1 Å². The molecule has 0 aliphatic heterocycles. The molecule has 0 amide bonds. The molecular weight excluding hydrogens is 249 g/mol. The van der Waals surface area contributed by atoms with Crippen molar-refractivity contribution in [3.8, 4) is 0 Å². The average Bonchev–Trinajstić information content (AvgIpc) is 1.83. The van der Waals surface area contributed by atoms with E-state index in [2.05, 4.69) is 34.8 Å². The molecule has 0 aromatic rings. The van der Waals surface area contributed by atoms with Crippen LogP contribution in [0.2, 0.25) is 0 Å². The highest BCUT2D eigenvalue weighted by molar-refractivity contribution is 6.49. The maximum Gasteiger partial charge on any atom is 0.350 e. The molecule has 0 bridgehead atoms. The van der Waals surface area contributed by atoms with Crippen LogP contribution >= 0.6 is 34.8 Å². The minimum atomic E-state index is -4.82. The largest absolute Gasteiger partial charge is 0.350 e. The third-order valence-electron chi connectivity index (χ3n) is 0.798. The number of hydrogen-bond acceptors (Lipinski definition) is 0. The van der Waals surface area contributed by atoms with Crippen molar-refractivity contribution in [1.29, 1.82) is 0 Å². The summed E-state index contributed by atoms with van der Waals surface area (Å²) in [5, 5.41) is -2.31. The predicted molar refractivity (Wildman–Crippen MR) is 35.6 cm³/mol. The Morgan fingerprint density at radius 2 is 1.33 bits per heavy atom. The highest BCUT2D eigenvalue weighted by atomic mass is 35.5. The molecule has 0 fully saturated rings. The molecule has 72 valence electrons. The van der Waals surface area contributed by atoms with Gasteiger partial charge in [-0.3, -0.25) is 0 Å². The van der Waals surface area contributed by atoms with Crippen molar-refractivity contribution in [2.24, 2.45) is 0 Å². The van der Waals surface area contributed by atoms with E-state index in [0.717, 1.165) is 0 Å². The molecular formula is C4Cl3F5. The van der Waals surface area contributed by atoms with Crippen LogP contribution in [0, 0.1) is 0 Å². The summed E-state index contributed by atoms with van der Waals surface area (Å²) >= 11 is 12.9. The van der Waals surface area contributed by atoms with E-state index in [1.807, 2.05) is 0 Å². The van der Waals surface area contributed by atoms with Crippen molar-refractivity contribution in [3.05, 3.63) is 11.1 Å².